The molecule has 0 bridgehead atoms. The third-order valence-corrected chi connectivity index (χ3v) is 3.94. The fraction of sp³-hybridized carbons (Fsp3) is 0.526. The van der Waals surface area contributed by atoms with Crippen molar-refractivity contribution in [2.75, 3.05) is 33.5 Å². The number of rotatable bonds is 4. The molecule has 0 spiro atoms. The number of benzene rings is 1. The van der Waals surface area contributed by atoms with E-state index in [0.29, 0.717) is 5.56 Å². The third kappa shape index (κ3) is 12.9. The molecule has 0 aromatic heterocycles. The summed E-state index contributed by atoms with van der Waals surface area (Å²) in [6, 6.07) is 5.27. The molecule has 1 heterocycles. The number of aryl methyl sites for hydroxylation is 1. The van der Waals surface area contributed by atoms with Crippen molar-refractivity contribution in [3.63, 3.8) is 0 Å². The Bertz CT molecular complexity index is 522. The maximum Gasteiger partial charge on any atom is 1.00 e. The molecular formula is C19H32CrN2O3RuS-. The second-order valence-corrected chi connectivity index (χ2v) is 6.39. The maximum absolute atomic E-state index is 11.2. The van der Waals surface area contributed by atoms with Crippen LogP contribution in [0.25, 0.3) is 0 Å². The minimum Gasteiger partial charge on any atom is -0.491 e. The summed E-state index contributed by atoms with van der Waals surface area (Å²) in [4.78, 5) is 13.4. The van der Waals surface area contributed by atoms with E-state index < -0.39 is 0 Å². The van der Waals surface area contributed by atoms with Gasteiger partial charge >= 0.3 is 25.4 Å². The van der Waals surface area contributed by atoms with E-state index >= 15 is 0 Å². The molecule has 1 fully saturated rings. The van der Waals surface area contributed by atoms with Gasteiger partial charge in [-0.05, 0) is 70.9 Å². The van der Waals surface area contributed by atoms with Crippen LogP contribution in [-0.4, -0.2) is 54.8 Å². The van der Waals surface area contributed by atoms with Crippen molar-refractivity contribution in [3.8, 4) is 5.75 Å². The van der Waals surface area contributed by atoms with Gasteiger partial charge in [0.25, 0.3) is 0 Å². The summed E-state index contributed by atoms with van der Waals surface area (Å²) in [5, 5.41) is 0. The first kappa shape index (κ1) is 31.6. The number of carbonyl (C=O) groups excluding carboxylic acids is 1. The maximum atomic E-state index is 11.2. The minimum absolute atomic E-state index is 0. The molecule has 1 saturated heterocycles. The Morgan fingerprint density at radius 3 is 2.22 bits per heavy atom. The van der Waals surface area contributed by atoms with Gasteiger partial charge in [0.2, 0.25) is 0 Å². The number of nitrogens with zero attached hydrogens (tertiary/aromatic N) is 2. The van der Waals surface area contributed by atoms with Gasteiger partial charge < -0.3 is 25.6 Å². The average Bonchev–Trinajstić information content (AvgIpc) is 3.03. The Morgan fingerprint density at radius 2 is 1.89 bits per heavy atom. The fourth-order valence-corrected chi connectivity index (χ4v) is 2.53. The molecule has 1 radical (unpaired) electrons. The Balaban J connectivity index is -0.000000411. The molecule has 27 heavy (non-hydrogen) atoms. The Kier molecular flexibility index (Phi) is 21.0. The number of methoxy groups -OCH3 is 1. The van der Waals surface area contributed by atoms with Crippen LogP contribution >= 0.6 is 11.9 Å². The number of ether oxygens (including phenoxy) is 2. The van der Waals surface area contributed by atoms with Gasteiger partial charge in [0.05, 0.1) is 18.8 Å². The summed E-state index contributed by atoms with van der Waals surface area (Å²) in [5.41, 5.74) is 1.48. The van der Waals surface area contributed by atoms with Crippen LogP contribution in [0.2, 0.25) is 0 Å². The fourth-order valence-electron chi connectivity index (χ4n) is 2.01. The first-order chi connectivity index (χ1) is 11.9. The van der Waals surface area contributed by atoms with E-state index in [-0.39, 0.29) is 48.9 Å². The standard InChI is InChI=1S/C12H16O3.C5H11N2S.C2H5.Cr.Ru/c1-8(2)15-11-6-5-10(7-9(11)3)12(13)14-4;1-6-3-4-7(5-6)8-2;1-2;;/h5-8H,1-4H3;5H,3-4H2,1-2H3;1H2,2H3;;/q;2*-1;;+1. The zero-order valence-electron chi connectivity index (χ0n) is 17.3. The quantitative estimate of drug-likeness (QED) is 0.258. The largest absolute Gasteiger partial charge is 1.00 e. The first-order valence-electron chi connectivity index (χ1n) is 8.29. The number of hydrogen-bond donors (Lipinski definition) is 0. The van der Waals surface area contributed by atoms with Gasteiger partial charge in [0.15, 0.2) is 0 Å². The van der Waals surface area contributed by atoms with Gasteiger partial charge in [-0.25, -0.2) is 4.79 Å². The van der Waals surface area contributed by atoms with Gasteiger partial charge in [0.1, 0.15) is 5.75 Å². The van der Waals surface area contributed by atoms with Crippen molar-refractivity contribution < 1.29 is 51.1 Å². The molecule has 157 valence electrons. The molecule has 1 aromatic carbocycles. The number of esters is 1. The summed E-state index contributed by atoms with van der Waals surface area (Å²) in [5.74, 6) is 0.479. The van der Waals surface area contributed by atoms with E-state index in [1.807, 2.05) is 20.8 Å². The summed E-state index contributed by atoms with van der Waals surface area (Å²) in [6.45, 7) is 15.3. The van der Waals surface area contributed by atoms with E-state index in [1.54, 1.807) is 37.1 Å². The van der Waals surface area contributed by atoms with Crippen LogP contribution in [0.3, 0.4) is 0 Å². The van der Waals surface area contributed by atoms with Gasteiger partial charge in [-0.3, -0.25) is 0 Å². The molecule has 1 aliphatic heterocycles. The predicted octanol–water partition coefficient (Wildman–Crippen LogP) is 4.04. The number of carbonyl (C=O) groups is 1. The van der Waals surface area contributed by atoms with Crippen LogP contribution in [0, 0.1) is 20.5 Å². The van der Waals surface area contributed by atoms with E-state index in [2.05, 4.69) is 40.8 Å². The van der Waals surface area contributed by atoms with E-state index in [0.717, 1.165) is 17.9 Å². The minimum atomic E-state index is -0.325. The molecule has 0 unspecified atom stereocenters. The molecule has 8 heteroatoms. The molecule has 1 aliphatic rings. The second kappa shape index (κ2) is 18.0. The summed E-state index contributed by atoms with van der Waals surface area (Å²) >= 11 is 1.77. The van der Waals surface area contributed by atoms with Crippen LogP contribution in [0.15, 0.2) is 18.2 Å². The van der Waals surface area contributed by atoms with E-state index in [1.165, 1.54) is 13.7 Å². The molecule has 0 amide bonds. The van der Waals surface area contributed by atoms with Crippen molar-refractivity contribution in [3.05, 3.63) is 42.9 Å². The van der Waals surface area contributed by atoms with Gasteiger partial charge in [-0.1, -0.05) is 0 Å². The Morgan fingerprint density at radius 1 is 1.30 bits per heavy atom. The van der Waals surface area contributed by atoms with Crippen LogP contribution in [0.4, 0.5) is 0 Å². The van der Waals surface area contributed by atoms with Crippen LogP contribution in [0.5, 0.6) is 5.75 Å². The van der Waals surface area contributed by atoms with Gasteiger partial charge in [-0.2, -0.15) is 13.6 Å². The average molecular weight is 522 g/mol. The molecule has 5 nitrogen and oxygen atoms in total. The summed E-state index contributed by atoms with van der Waals surface area (Å²) in [6.07, 6.45) is 2.23. The molecular weight excluding hydrogens is 489 g/mol. The predicted molar refractivity (Wildman–Crippen MR) is 106 cm³/mol. The van der Waals surface area contributed by atoms with E-state index in [4.69, 9.17) is 4.74 Å². The van der Waals surface area contributed by atoms with Crippen molar-refractivity contribution in [2.24, 2.45) is 0 Å². The van der Waals surface area contributed by atoms with Crippen LogP contribution < -0.4 is 4.74 Å². The van der Waals surface area contributed by atoms with Crippen molar-refractivity contribution in [1.82, 2.24) is 9.21 Å². The van der Waals surface area contributed by atoms with Gasteiger partial charge in [0, 0.05) is 17.4 Å². The van der Waals surface area contributed by atoms with Crippen molar-refractivity contribution >= 4 is 17.9 Å². The van der Waals surface area contributed by atoms with E-state index in [9.17, 15) is 4.79 Å². The van der Waals surface area contributed by atoms with Crippen molar-refractivity contribution in [2.45, 2.75) is 33.8 Å². The Labute approximate surface area is 193 Å². The molecule has 0 N–H and O–H groups in total. The topological polar surface area (TPSA) is 42.0 Å². The van der Waals surface area contributed by atoms with Crippen molar-refractivity contribution in [1.29, 1.82) is 0 Å². The normalized spacial score (nSPS) is 13.2. The van der Waals surface area contributed by atoms with Crippen LogP contribution in [0.1, 0.15) is 36.7 Å². The number of likely N-dealkylation sites (N-methyl/N-ethyl adjacent to an activating group) is 1. The first-order valence-corrected chi connectivity index (χ1v) is 9.47. The third-order valence-electron chi connectivity index (χ3n) is 3.19. The zero-order chi connectivity index (χ0) is 19.4. The molecule has 0 saturated carbocycles. The SMILES string of the molecule is COC(=O)c1ccc(OC(C)C)c(C)c1.CSN1[CH-]N(C)CC1.[CH2-]C.[Cr].[Ru+]. The second-order valence-electron chi connectivity index (χ2n) is 5.56. The number of hydrogen-bond acceptors (Lipinski definition) is 6. The van der Waals surface area contributed by atoms with Gasteiger partial charge in [-0.15, -0.1) is 11.9 Å². The molecule has 0 aliphatic carbocycles. The molecule has 2 rings (SSSR count). The molecule has 1 aromatic rings. The molecule has 0 atom stereocenters. The smallest absolute Gasteiger partial charge is 0.491 e. The zero-order valence-corrected chi connectivity index (χ0v) is 21.1. The monoisotopic (exact) mass is 522 g/mol. The summed E-state index contributed by atoms with van der Waals surface area (Å²) in [7, 11) is 3.46. The summed E-state index contributed by atoms with van der Waals surface area (Å²) < 4.78 is 12.4. The van der Waals surface area contributed by atoms with Crippen LogP contribution in [-0.2, 0) is 41.6 Å². The Hall–Kier alpha value is -0.0842.